The molecule has 3 N–H and O–H groups in total. The van der Waals surface area contributed by atoms with E-state index in [1.54, 1.807) is 49.6 Å². The van der Waals surface area contributed by atoms with Crippen molar-refractivity contribution in [1.82, 2.24) is 35.1 Å². The van der Waals surface area contributed by atoms with Crippen LogP contribution < -0.4 is 19.5 Å². The maximum Gasteiger partial charge on any atom is 0.404 e. The van der Waals surface area contributed by atoms with Crippen LogP contribution in [0, 0.1) is 3.57 Å². The van der Waals surface area contributed by atoms with E-state index in [1.807, 2.05) is 39.6 Å². The maximum atomic E-state index is 14.3. The zero-order valence-corrected chi connectivity index (χ0v) is 30.5. The van der Waals surface area contributed by atoms with Crippen molar-refractivity contribution in [3.63, 3.8) is 0 Å². The van der Waals surface area contributed by atoms with Crippen LogP contribution in [-0.2, 0) is 33.0 Å². The first-order chi connectivity index (χ1) is 23.4. The first kappa shape index (κ1) is 36.4. The number of sulfonamides is 1. The number of ether oxygens (including phenoxy) is 2. The predicted octanol–water partition coefficient (Wildman–Crippen LogP) is 2.99. The molecule has 5 rings (SSSR count). The first-order valence-electron chi connectivity index (χ1n) is 15.2. The molecule has 1 saturated heterocycles. The fraction of sp³-hybridized carbons (Fsp3) is 0.355. The van der Waals surface area contributed by atoms with Crippen LogP contribution in [0.2, 0.25) is 0 Å². The third-order valence-corrected chi connectivity index (χ3v) is 12.9. The smallest absolute Gasteiger partial charge is 0.404 e. The van der Waals surface area contributed by atoms with Gasteiger partial charge in [-0.25, -0.2) is 26.4 Å². The van der Waals surface area contributed by atoms with E-state index in [2.05, 4.69) is 25.4 Å². The second kappa shape index (κ2) is 15.8. The Kier molecular flexibility index (Phi) is 11.7. The van der Waals surface area contributed by atoms with Crippen LogP contribution in [0.5, 0.6) is 11.5 Å². The number of nitrogens with zero attached hydrogens (tertiary/aromatic N) is 5. The maximum absolute atomic E-state index is 14.3. The molecule has 0 saturated carbocycles. The minimum atomic E-state index is -4.49. The number of carbonyl (C=O) groups is 1. The third-order valence-electron chi connectivity index (χ3n) is 8.11. The molecule has 0 bridgehead atoms. The number of piperidine rings is 1. The number of amides is 1. The summed E-state index contributed by atoms with van der Waals surface area (Å²) in [6.45, 7) is 1.56. The van der Waals surface area contributed by atoms with E-state index in [0.717, 1.165) is 5.56 Å². The van der Waals surface area contributed by atoms with E-state index in [1.165, 1.54) is 18.0 Å². The molecule has 0 spiro atoms. The van der Waals surface area contributed by atoms with Crippen molar-refractivity contribution in [2.24, 2.45) is 0 Å². The number of sulfone groups is 1. The van der Waals surface area contributed by atoms with Crippen molar-refractivity contribution in [2.45, 2.75) is 41.0 Å². The molecule has 0 aliphatic carbocycles. The molecule has 3 aromatic carbocycles. The quantitative estimate of drug-likeness (QED) is 0.158. The Morgan fingerprint density at radius 1 is 0.939 bits per heavy atom. The van der Waals surface area contributed by atoms with Crippen molar-refractivity contribution in [2.75, 3.05) is 40.4 Å². The lowest BCUT2D eigenvalue weighted by molar-refractivity contribution is 0.188. The number of hydrogen-bond acceptors (Lipinski definition) is 11. The predicted molar refractivity (Wildman–Crippen MR) is 188 cm³/mol. The van der Waals surface area contributed by atoms with Gasteiger partial charge in [0.1, 0.15) is 16.4 Å². The topological polar surface area (TPSA) is 195 Å². The normalized spacial score (nSPS) is 14.4. The lowest BCUT2D eigenvalue weighted by Crippen LogP contribution is -2.43. The van der Waals surface area contributed by atoms with Gasteiger partial charge in [-0.3, -0.25) is 0 Å². The van der Waals surface area contributed by atoms with E-state index in [-0.39, 0.29) is 48.8 Å². The first-order valence-corrected chi connectivity index (χ1v) is 19.3. The van der Waals surface area contributed by atoms with Crippen molar-refractivity contribution >= 4 is 48.5 Å². The van der Waals surface area contributed by atoms with Gasteiger partial charge in [0.05, 0.1) is 36.5 Å². The average molecular weight is 826 g/mol. The van der Waals surface area contributed by atoms with Gasteiger partial charge >= 0.3 is 6.09 Å². The third kappa shape index (κ3) is 8.85. The van der Waals surface area contributed by atoms with Crippen LogP contribution in [0.25, 0.3) is 11.4 Å². The Morgan fingerprint density at radius 2 is 1.55 bits per heavy atom. The zero-order valence-electron chi connectivity index (χ0n) is 26.7. The van der Waals surface area contributed by atoms with E-state index in [0.29, 0.717) is 40.3 Å². The minimum Gasteiger partial charge on any atom is -0.497 e. The summed E-state index contributed by atoms with van der Waals surface area (Å²) in [5, 5.41) is 23.1. The standard InChI is InChI=1S/C31H36IN7O8S2/c1-46-23-7-3-21(4-8-23)19-34-49(44,45)29-27(48(42,43)25-13-16-38(17-14-25)18-15-33-31(40)41)12-11-26(32)28(29)30-35-37-39(36-30)20-22-5-9-24(47-2)10-6-22/h3-12,25,33-34H,13-20H2,1-2H3,(H,40,41). The molecular weight excluding hydrogens is 789 g/mol. The molecule has 1 aromatic heterocycles. The summed E-state index contributed by atoms with van der Waals surface area (Å²) in [6.07, 6.45) is -0.644. The summed E-state index contributed by atoms with van der Waals surface area (Å²) in [5.41, 5.74) is 1.51. The molecular formula is C31H36IN7O8S2. The molecule has 1 fully saturated rings. The largest absolute Gasteiger partial charge is 0.497 e. The van der Waals surface area contributed by atoms with Gasteiger partial charge in [-0.1, -0.05) is 24.3 Å². The molecule has 1 aliphatic heterocycles. The number of likely N-dealkylation sites (tertiary alicyclic amines) is 1. The van der Waals surface area contributed by atoms with Gasteiger partial charge in [-0.2, -0.15) is 4.80 Å². The molecule has 15 nitrogen and oxygen atoms in total. The van der Waals surface area contributed by atoms with Crippen LogP contribution in [0.15, 0.2) is 70.5 Å². The lowest BCUT2D eigenvalue weighted by atomic mass is 10.1. The monoisotopic (exact) mass is 825 g/mol. The van der Waals surface area contributed by atoms with Crippen LogP contribution >= 0.6 is 22.6 Å². The fourth-order valence-electron chi connectivity index (χ4n) is 5.48. The molecule has 18 heteroatoms. The van der Waals surface area contributed by atoms with Gasteiger partial charge in [-0.05, 0) is 101 Å². The number of rotatable bonds is 14. The highest BCUT2D eigenvalue weighted by molar-refractivity contribution is 14.1. The van der Waals surface area contributed by atoms with Crippen molar-refractivity contribution in [1.29, 1.82) is 0 Å². The van der Waals surface area contributed by atoms with Crippen molar-refractivity contribution in [3.8, 4) is 22.9 Å². The number of nitrogens with one attached hydrogen (secondary N) is 2. The molecule has 1 amide bonds. The summed E-state index contributed by atoms with van der Waals surface area (Å²) in [5.74, 6) is 1.25. The number of carboxylic acid groups (broad SMARTS) is 1. The molecule has 2 heterocycles. The van der Waals surface area contributed by atoms with Gasteiger partial charge in [0.25, 0.3) is 0 Å². The number of benzene rings is 3. The minimum absolute atomic E-state index is 0.0297. The molecule has 0 atom stereocenters. The van der Waals surface area contributed by atoms with Crippen molar-refractivity contribution < 1.29 is 36.2 Å². The highest BCUT2D eigenvalue weighted by Gasteiger charge is 2.38. The van der Waals surface area contributed by atoms with Crippen molar-refractivity contribution in [3.05, 3.63) is 75.4 Å². The van der Waals surface area contributed by atoms with Gasteiger partial charge in [-0.15, -0.1) is 10.2 Å². The SMILES string of the molecule is COc1ccc(CNS(=O)(=O)c2c(S(=O)(=O)C3CCN(CCNC(=O)O)CC3)ccc(I)c2-c2nnn(Cc3ccc(OC)cc3)n2)cc1. The van der Waals surface area contributed by atoms with Gasteiger partial charge in [0.2, 0.25) is 15.8 Å². The summed E-state index contributed by atoms with van der Waals surface area (Å²) in [4.78, 5) is 13.3. The molecule has 262 valence electrons. The van der Waals surface area contributed by atoms with Crippen LogP contribution in [0.1, 0.15) is 24.0 Å². The van der Waals surface area contributed by atoms with Gasteiger partial charge < -0.3 is 24.8 Å². The number of aromatic nitrogens is 4. The highest BCUT2D eigenvalue weighted by Crippen LogP contribution is 2.38. The Bertz CT molecular complexity index is 1980. The zero-order chi connectivity index (χ0) is 35.2. The summed E-state index contributed by atoms with van der Waals surface area (Å²) in [6, 6.07) is 17.0. The van der Waals surface area contributed by atoms with Crippen LogP contribution in [0.4, 0.5) is 4.79 Å². The molecule has 4 aromatic rings. The van der Waals surface area contributed by atoms with E-state index in [4.69, 9.17) is 14.6 Å². The van der Waals surface area contributed by atoms with Crippen LogP contribution in [-0.4, -0.2) is 98.8 Å². The second-order valence-electron chi connectivity index (χ2n) is 11.2. The summed E-state index contributed by atoms with van der Waals surface area (Å²) in [7, 11) is -5.58. The molecule has 49 heavy (non-hydrogen) atoms. The number of tetrazole rings is 1. The molecule has 1 aliphatic rings. The number of hydrogen-bond donors (Lipinski definition) is 3. The van der Waals surface area contributed by atoms with Gasteiger partial charge in [0, 0.05) is 23.2 Å². The highest BCUT2D eigenvalue weighted by atomic mass is 127. The molecule has 0 radical (unpaired) electrons. The number of halogens is 1. The Balaban J connectivity index is 1.50. The number of methoxy groups -OCH3 is 2. The Labute approximate surface area is 298 Å². The Hall–Kier alpha value is -3.85. The summed E-state index contributed by atoms with van der Waals surface area (Å²) >= 11 is 1.95. The average Bonchev–Trinajstić information content (AvgIpc) is 3.55. The second-order valence-corrected chi connectivity index (χ2v) is 16.3. The van der Waals surface area contributed by atoms with E-state index in [9.17, 15) is 21.6 Å². The van der Waals surface area contributed by atoms with Crippen LogP contribution in [0.3, 0.4) is 0 Å². The van der Waals surface area contributed by atoms with Gasteiger partial charge in [0.15, 0.2) is 9.84 Å². The fourth-order valence-corrected chi connectivity index (χ4v) is 10.1. The molecule has 0 unspecified atom stereocenters. The van der Waals surface area contributed by atoms with E-state index >= 15 is 0 Å². The summed E-state index contributed by atoms with van der Waals surface area (Å²) < 4.78 is 70.5. The lowest BCUT2D eigenvalue weighted by Gasteiger charge is -2.32. The Morgan fingerprint density at radius 3 is 2.14 bits per heavy atom. The van der Waals surface area contributed by atoms with E-state index < -0.39 is 36.1 Å².